The van der Waals surface area contributed by atoms with Gasteiger partial charge >= 0.3 is 0 Å². The minimum Gasteiger partial charge on any atom is -0.395 e. The third-order valence-corrected chi connectivity index (χ3v) is 3.71. The van der Waals surface area contributed by atoms with Gasteiger partial charge in [0.05, 0.1) is 17.0 Å². The van der Waals surface area contributed by atoms with Crippen molar-refractivity contribution in [3.05, 3.63) is 11.4 Å². The topological polar surface area (TPSA) is 104 Å². The maximum atomic E-state index is 12.0. The fourth-order valence-corrected chi connectivity index (χ4v) is 2.54. The Bertz CT molecular complexity index is 449. The van der Waals surface area contributed by atoms with Crippen molar-refractivity contribution in [1.82, 2.24) is 15.5 Å². The van der Waals surface area contributed by atoms with Gasteiger partial charge in [0.15, 0.2) is 5.69 Å². The molecule has 6 nitrogen and oxygen atoms in total. The molecule has 0 bridgehead atoms. The highest BCUT2D eigenvalue weighted by Crippen LogP contribution is 2.28. The Morgan fingerprint density at radius 1 is 1.53 bits per heavy atom. The van der Waals surface area contributed by atoms with Crippen molar-refractivity contribution in [2.75, 3.05) is 12.3 Å². The van der Waals surface area contributed by atoms with Crippen molar-refractivity contribution >= 4 is 11.6 Å². The zero-order valence-electron chi connectivity index (χ0n) is 11.3. The lowest BCUT2D eigenvalue weighted by Crippen LogP contribution is -2.41. The summed E-state index contributed by atoms with van der Waals surface area (Å²) in [5.74, 6) is -0.323. The summed E-state index contributed by atoms with van der Waals surface area (Å²) in [6.07, 6.45) is 5.22. The fourth-order valence-electron chi connectivity index (χ4n) is 2.54. The summed E-state index contributed by atoms with van der Waals surface area (Å²) in [4.78, 5) is 12.0. The molecule has 0 radical (unpaired) electrons. The first-order chi connectivity index (χ1) is 9.06. The molecule has 6 heteroatoms. The molecule has 5 N–H and O–H groups in total. The van der Waals surface area contributed by atoms with E-state index in [2.05, 4.69) is 15.5 Å². The molecule has 0 spiro atoms. The molecule has 0 aliphatic heterocycles. The number of carbonyl (C=O) groups is 1. The predicted molar refractivity (Wildman–Crippen MR) is 72.7 cm³/mol. The van der Waals surface area contributed by atoms with Crippen LogP contribution in [0.2, 0.25) is 0 Å². The highest BCUT2D eigenvalue weighted by atomic mass is 16.3. The van der Waals surface area contributed by atoms with Crippen molar-refractivity contribution in [3.63, 3.8) is 0 Å². The van der Waals surface area contributed by atoms with Gasteiger partial charge in [0.1, 0.15) is 0 Å². The first-order valence-electron chi connectivity index (χ1n) is 6.89. The minimum absolute atomic E-state index is 0.227. The van der Waals surface area contributed by atoms with E-state index >= 15 is 0 Å². The monoisotopic (exact) mass is 266 g/mol. The van der Waals surface area contributed by atoms with Crippen LogP contribution in [0.15, 0.2) is 0 Å². The number of hydrogen-bond acceptors (Lipinski definition) is 4. The molecule has 1 aliphatic rings. The number of aromatic nitrogens is 2. The Kier molecular flexibility index (Phi) is 4.09. The molecule has 1 aromatic heterocycles. The number of nitrogens with zero attached hydrogens (tertiary/aromatic N) is 1. The van der Waals surface area contributed by atoms with Crippen molar-refractivity contribution in [1.29, 1.82) is 0 Å². The van der Waals surface area contributed by atoms with Gasteiger partial charge in [-0.3, -0.25) is 9.89 Å². The van der Waals surface area contributed by atoms with Gasteiger partial charge in [-0.05, 0) is 19.3 Å². The van der Waals surface area contributed by atoms with Crippen LogP contribution >= 0.6 is 0 Å². The van der Waals surface area contributed by atoms with Crippen LogP contribution < -0.4 is 11.1 Å². The number of nitrogens with one attached hydrogen (secondary N) is 2. The first kappa shape index (κ1) is 13.9. The average Bonchev–Trinajstić information content (AvgIpc) is 2.96. The van der Waals surface area contributed by atoms with Crippen LogP contribution in [0.5, 0.6) is 0 Å². The smallest absolute Gasteiger partial charge is 0.274 e. The minimum atomic E-state index is -0.757. The summed E-state index contributed by atoms with van der Waals surface area (Å²) in [7, 11) is 0. The number of aryl methyl sites for hydroxylation is 1. The third-order valence-electron chi connectivity index (χ3n) is 3.71. The first-order valence-corrected chi connectivity index (χ1v) is 6.89. The quantitative estimate of drug-likeness (QED) is 0.637. The van der Waals surface area contributed by atoms with Crippen molar-refractivity contribution < 1.29 is 9.90 Å². The molecule has 1 saturated carbocycles. The molecule has 0 saturated heterocycles. The number of nitrogens with two attached hydrogens (primary N) is 1. The van der Waals surface area contributed by atoms with Crippen LogP contribution in [0.4, 0.5) is 5.69 Å². The Hall–Kier alpha value is -1.56. The van der Waals surface area contributed by atoms with Gasteiger partial charge in [0, 0.05) is 6.54 Å². The molecular formula is C13H22N4O2. The second-order valence-electron chi connectivity index (χ2n) is 5.33. The summed E-state index contributed by atoms with van der Waals surface area (Å²) in [5.41, 5.74) is 6.57. The Morgan fingerprint density at radius 2 is 2.21 bits per heavy atom. The lowest BCUT2D eigenvalue weighted by atomic mass is 10.0. The number of nitrogen functional groups attached to an aromatic ring is 1. The van der Waals surface area contributed by atoms with Crippen molar-refractivity contribution in [2.24, 2.45) is 0 Å². The van der Waals surface area contributed by atoms with Crippen molar-refractivity contribution in [3.8, 4) is 0 Å². The van der Waals surface area contributed by atoms with E-state index in [4.69, 9.17) is 5.73 Å². The molecular weight excluding hydrogens is 244 g/mol. The van der Waals surface area contributed by atoms with Crippen LogP contribution in [-0.2, 0) is 6.42 Å². The maximum absolute atomic E-state index is 12.0. The summed E-state index contributed by atoms with van der Waals surface area (Å²) < 4.78 is 0. The maximum Gasteiger partial charge on any atom is 0.274 e. The van der Waals surface area contributed by atoms with Gasteiger partial charge in [-0.1, -0.05) is 26.2 Å². The summed E-state index contributed by atoms with van der Waals surface area (Å²) >= 11 is 0. The van der Waals surface area contributed by atoms with E-state index in [1.165, 1.54) is 0 Å². The van der Waals surface area contributed by atoms with Crippen LogP contribution in [0.25, 0.3) is 0 Å². The van der Waals surface area contributed by atoms with Crippen LogP contribution in [-0.4, -0.2) is 33.4 Å². The number of amides is 1. The Morgan fingerprint density at radius 3 is 2.84 bits per heavy atom. The summed E-state index contributed by atoms with van der Waals surface area (Å²) in [6.45, 7) is 2.30. The zero-order chi connectivity index (χ0) is 13.9. The second-order valence-corrected chi connectivity index (χ2v) is 5.33. The highest BCUT2D eigenvalue weighted by molar-refractivity contribution is 5.97. The summed E-state index contributed by atoms with van der Waals surface area (Å²) in [5, 5.41) is 19.7. The van der Waals surface area contributed by atoms with Gasteiger partial charge in [-0.25, -0.2) is 0 Å². The molecule has 1 amide bonds. The van der Waals surface area contributed by atoms with Crippen LogP contribution in [0, 0.1) is 0 Å². The Balaban J connectivity index is 1.96. The normalized spacial score (nSPS) is 17.6. The Labute approximate surface area is 112 Å². The molecule has 2 rings (SSSR count). The second kappa shape index (κ2) is 5.61. The molecule has 1 aromatic rings. The molecule has 1 fully saturated rings. The number of H-pyrrole nitrogens is 1. The van der Waals surface area contributed by atoms with Crippen molar-refractivity contribution in [2.45, 2.75) is 51.0 Å². The van der Waals surface area contributed by atoms with Gasteiger partial charge < -0.3 is 16.2 Å². The van der Waals surface area contributed by atoms with E-state index in [-0.39, 0.29) is 18.1 Å². The SMILES string of the molecule is CCCc1[nH]nc(C(=O)NCC2(O)CCCC2)c1N. The molecule has 1 heterocycles. The molecule has 106 valence electrons. The fraction of sp³-hybridized carbons (Fsp3) is 0.692. The number of aromatic amines is 1. The zero-order valence-corrected chi connectivity index (χ0v) is 11.3. The summed E-state index contributed by atoms with van der Waals surface area (Å²) in [6, 6.07) is 0. The molecule has 0 unspecified atom stereocenters. The van der Waals surface area contributed by atoms with E-state index in [9.17, 15) is 9.90 Å². The van der Waals surface area contributed by atoms with E-state index in [1.54, 1.807) is 0 Å². The average molecular weight is 266 g/mol. The number of carbonyl (C=O) groups excluding carboxylic acids is 1. The molecule has 19 heavy (non-hydrogen) atoms. The molecule has 0 aromatic carbocycles. The number of aliphatic hydroxyl groups is 1. The van der Waals surface area contributed by atoms with Gasteiger partial charge in [0.2, 0.25) is 0 Å². The standard InChI is InChI=1S/C13H22N4O2/c1-2-5-9-10(14)11(17-16-9)12(18)15-8-13(19)6-3-4-7-13/h19H,2-8,14H2,1H3,(H,15,18)(H,16,17). The van der Waals surface area contributed by atoms with Crippen LogP contribution in [0.1, 0.15) is 55.2 Å². The lowest BCUT2D eigenvalue weighted by molar-refractivity contribution is 0.0449. The lowest BCUT2D eigenvalue weighted by Gasteiger charge is -2.21. The van der Waals surface area contributed by atoms with E-state index in [0.29, 0.717) is 5.69 Å². The van der Waals surface area contributed by atoms with Crippen LogP contribution in [0.3, 0.4) is 0 Å². The van der Waals surface area contributed by atoms with E-state index < -0.39 is 5.60 Å². The number of hydrogen-bond donors (Lipinski definition) is 4. The van der Waals surface area contributed by atoms with Gasteiger partial charge in [-0.2, -0.15) is 5.10 Å². The molecule has 1 aliphatic carbocycles. The number of anilines is 1. The third kappa shape index (κ3) is 3.07. The van der Waals surface area contributed by atoms with E-state index in [1.807, 2.05) is 6.92 Å². The van der Waals surface area contributed by atoms with Gasteiger partial charge in [-0.15, -0.1) is 0 Å². The molecule has 0 atom stereocenters. The highest BCUT2D eigenvalue weighted by Gasteiger charge is 2.31. The van der Waals surface area contributed by atoms with Gasteiger partial charge in [0.25, 0.3) is 5.91 Å². The number of rotatable bonds is 5. The predicted octanol–water partition coefficient (Wildman–Crippen LogP) is 0.979. The largest absolute Gasteiger partial charge is 0.395 e. The van der Waals surface area contributed by atoms with E-state index in [0.717, 1.165) is 44.2 Å².